The predicted octanol–water partition coefficient (Wildman–Crippen LogP) is 6.99. The van der Waals surface area contributed by atoms with E-state index < -0.39 is 29.0 Å². The van der Waals surface area contributed by atoms with Gasteiger partial charge in [-0.05, 0) is 66.1 Å². The van der Waals surface area contributed by atoms with E-state index in [0.717, 1.165) is 22.3 Å². The van der Waals surface area contributed by atoms with Gasteiger partial charge in [-0.25, -0.2) is 4.39 Å². The van der Waals surface area contributed by atoms with Crippen LogP contribution in [-0.2, 0) is 23.2 Å². The lowest BCUT2D eigenvalue weighted by Gasteiger charge is -2.47. The minimum absolute atomic E-state index is 0.0928. The number of ketones is 1. The summed E-state index contributed by atoms with van der Waals surface area (Å²) in [5, 5.41) is 20.3. The van der Waals surface area contributed by atoms with Crippen LogP contribution in [0.3, 0.4) is 0 Å². The first-order chi connectivity index (χ1) is 20.9. The van der Waals surface area contributed by atoms with Gasteiger partial charge in [-0.1, -0.05) is 84.4 Å². The number of hydrogen-bond donors (Lipinski definition) is 1. The molecule has 6 heteroatoms. The summed E-state index contributed by atoms with van der Waals surface area (Å²) in [6.07, 6.45) is 1.17. The van der Waals surface area contributed by atoms with Crippen LogP contribution in [0.1, 0.15) is 44.6 Å². The summed E-state index contributed by atoms with van der Waals surface area (Å²) >= 11 is 0. The summed E-state index contributed by atoms with van der Waals surface area (Å²) in [6, 6.07) is 30.8. The number of nitriles is 1. The zero-order chi connectivity index (χ0) is 29.9. The van der Waals surface area contributed by atoms with Gasteiger partial charge in [0.1, 0.15) is 17.3 Å². The van der Waals surface area contributed by atoms with E-state index in [9.17, 15) is 15.5 Å². The topological polar surface area (TPSA) is 85.0 Å². The van der Waals surface area contributed by atoms with Crippen molar-refractivity contribution in [3.05, 3.63) is 142 Å². The van der Waals surface area contributed by atoms with Crippen molar-refractivity contribution in [1.29, 1.82) is 10.7 Å². The van der Waals surface area contributed by atoms with Crippen molar-refractivity contribution in [2.75, 3.05) is 4.90 Å². The highest BCUT2D eigenvalue weighted by molar-refractivity contribution is 6.33. The molecule has 7 rings (SSSR count). The van der Waals surface area contributed by atoms with E-state index in [0.29, 0.717) is 29.7 Å². The number of aryl methyl sites for hydroxylation is 2. The van der Waals surface area contributed by atoms with E-state index in [2.05, 4.69) is 6.07 Å². The molecule has 3 aliphatic rings. The predicted molar refractivity (Wildman–Crippen MR) is 163 cm³/mol. The molecule has 1 spiro atoms. The van der Waals surface area contributed by atoms with Crippen LogP contribution in [0.15, 0.2) is 103 Å². The third kappa shape index (κ3) is 3.85. The van der Waals surface area contributed by atoms with Gasteiger partial charge in [0.05, 0.1) is 23.7 Å². The summed E-state index contributed by atoms with van der Waals surface area (Å²) in [5.41, 5.74) is 3.50. The Morgan fingerprint density at radius 2 is 1.74 bits per heavy atom. The van der Waals surface area contributed by atoms with Gasteiger partial charge in [-0.15, -0.1) is 0 Å². The minimum atomic E-state index is -1.86. The number of nitrogens with one attached hydrogen (secondary N) is 1. The second-order valence-electron chi connectivity index (χ2n) is 11.6. The van der Waals surface area contributed by atoms with E-state index in [1.54, 1.807) is 23.1 Å². The fraction of sp³-hybridized carbons (Fsp3) is 0.189. The summed E-state index contributed by atoms with van der Waals surface area (Å²) < 4.78 is 15.2. The highest BCUT2D eigenvalue weighted by Gasteiger charge is 2.66. The average molecular weight is 566 g/mol. The standard InChI is InChI=1S/C37H28FN3O2/c1-22-11-13-25(14-12-22)34(42)33-28-17-15-24-9-5-6-10-27(24)32(28)29(20-39)35(40)37(33)30-19-26(38)16-18-31(30)41(36(37)43)21-23-7-3-2-4-8-23/h2-14,16,18-19,28,33,40H,15,17,21H2,1H3/t28-,33-,37-/m0/s1. The fourth-order valence-corrected chi connectivity index (χ4v) is 7.45. The van der Waals surface area contributed by atoms with Crippen LogP contribution in [0.2, 0.25) is 0 Å². The van der Waals surface area contributed by atoms with Crippen LogP contribution in [0.25, 0.3) is 5.57 Å². The monoisotopic (exact) mass is 565 g/mol. The fourth-order valence-electron chi connectivity index (χ4n) is 7.45. The molecule has 2 aliphatic carbocycles. The SMILES string of the molecule is Cc1ccc(C(=O)[C@@H]2[C@H]3CCc4ccccc4C3=C(C#N)C(=N)[C@@]23C(=O)N(Cc2ccccc2)c2ccc(F)cc23)cc1. The van der Waals surface area contributed by atoms with Gasteiger partial charge in [0.15, 0.2) is 5.78 Å². The largest absolute Gasteiger partial charge is 0.307 e. The lowest BCUT2D eigenvalue weighted by atomic mass is 9.52. The van der Waals surface area contributed by atoms with E-state index in [1.165, 1.54) is 12.1 Å². The molecule has 1 N–H and O–H groups in total. The highest BCUT2D eigenvalue weighted by Crippen LogP contribution is 2.59. The highest BCUT2D eigenvalue weighted by atomic mass is 19.1. The quantitative estimate of drug-likeness (QED) is 0.271. The maximum absolute atomic E-state index is 15.2. The lowest BCUT2D eigenvalue weighted by molar-refractivity contribution is -0.122. The first kappa shape index (κ1) is 26.7. The molecule has 210 valence electrons. The third-order valence-electron chi connectivity index (χ3n) is 9.36. The van der Waals surface area contributed by atoms with Gasteiger partial charge >= 0.3 is 0 Å². The first-order valence-corrected chi connectivity index (χ1v) is 14.4. The molecule has 0 radical (unpaired) electrons. The Kier molecular flexibility index (Phi) is 6.21. The number of anilines is 1. The lowest BCUT2D eigenvalue weighted by Crippen LogP contribution is -2.59. The molecule has 1 aliphatic heterocycles. The van der Waals surface area contributed by atoms with Gasteiger partial charge in [0.25, 0.3) is 0 Å². The maximum Gasteiger partial charge on any atom is 0.244 e. The summed E-state index contributed by atoms with van der Waals surface area (Å²) in [6.45, 7) is 2.12. The van der Waals surface area contributed by atoms with Crippen molar-refractivity contribution < 1.29 is 14.0 Å². The van der Waals surface area contributed by atoms with Crippen LogP contribution in [0.4, 0.5) is 10.1 Å². The molecule has 0 aromatic heterocycles. The zero-order valence-electron chi connectivity index (χ0n) is 23.6. The van der Waals surface area contributed by atoms with Crippen LogP contribution in [0, 0.1) is 41.3 Å². The van der Waals surface area contributed by atoms with Crippen molar-refractivity contribution in [1.82, 2.24) is 0 Å². The number of carbonyl (C=O) groups is 2. The second-order valence-corrected chi connectivity index (χ2v) is 11.6. The minimum Gasteiger partial charge on any atom is -0.307 e. The van der Waals surface area contributed by atoms with E-state index in [-0.39, 0.29) is 29.2 Å². The molecular formula is C37H28FN3O2. The van der Waals surface area contributed by atoms with Crippen LogP contribution in [0.5, 0.6) is 0 Å². The van der Waals surface area contributed by atoms with Crippen molar-refractivity contribution in [2.24, 2.45) is 11.8 Å². The van der Waals surface area contributed by atoms with Crippen molar-refractivity contribution in [2.45, 2.75) is 31.7 Å². The molecule has 3 atom stereocenters. The molecule has 0 bridgehead atoms. The molecule has 5 nitrogen and oxygen atoms in total. The number of rotatable bonds is 4. The zero-order valence-corrected chi connectivity index (χ0v) is 23.6. The third-order valence-corrected chi connectivity index (χ3v) is 9.36. The van der Waals surface area contributed by atoms with Crippen molar-refractivity contribution in [3.8, 4) is 6.07 Å². The van der Waals surface area contributed by atoms with Crippen LogP contribution < -0.4 is 4.90 Å². The number of benzene rings is 4. The number of nitrogens with zero attached hydrogens (tertiary/aromatic N) is 2. The smallest absolute Gasteiger partial charge is 0.244 e. The van der Waals surface area contributed by atoms with Gasteiger partial charge in [-0.3, -0.25) is 9.59 Å². The Morgan fingerprint density at radius 1 is 1.02 bits per heavy atom. The Labute approximate surface area is 249 Å². The van der Waals surface area contributed by atoms with E-state index >= 15 is 9.18 Å². The Bertz CT molecular complexity index is 1900. The van der Waals surface area contributed by atoms with Crippen molar-refractivity contribution >= 4 is 28.7 Å². The number of Topliss-reactive ketones (excluding diaryl/α,β-unsaturated/α-hetero) is 1. The van der Waals surface area contributed by atoms with Gasteiger partial charge in [0, 0.05) is 16.8 Å². The van der Waals surface area contributed by atoms with Gasteiger partial charge in [0.2, 0.25) is 5.91 Å². The Balaban J connectivity index is 1.53. The number of carbonyl (C=O) groups excluding carboxylic acids is 2. The summed E-state index contributed by atoms with van der Waals surface area (Å²) in [5.74, 6) is -2.89. The Hall–Kier alpha value is -5.15. The van der Waals surface area contributed by atoms with E-state index in [1.807, 2.05) is 73.7 Å². The van der Waals surface area contributed by atoms with Crippen molar-refractivity contribution in [3.63, 3.8) is 0 Å². The molecule has 0 unspecified atom stereocenters. The Morgan fingerprint density at radius 3 is 2.49 bits per heavy atom. The van der Waals surface area contributed by atoms with E-state index in [4.69, 9.17) is 0 Å². The molecule has 1 amide bonds. The molecular weight excluding hydrogens is 537 g/mol. The summed E-state index contributed by atoms with van der Waals surface area (Å²) in [7, 11) is 0. The molecule has 0 fully saturated rings. The number of amides is 1. The number of hydrogen-bond acceptors (Lipinski definition) is 4. The van der Waals surface area contributed by atoms with Gasteiger partial charge < -0.3 is 10.3 Å². The molecule has 4 aromatic carbocycles. The normalized spacial score (nSPS) is 22.2. The average Bonchev–Trinajstić information content (AvgIpc) is 3.25. The molecule has 0 saturated heterocycles. The van der Waals surface area contributed by atoms with Gasteiger partial charge in [-0.2, -0.15) is 5.26 Å². The van der Waals surface area contributed by atoms with Crippen LogP contribution in [-0.4, -0.2) is 17.4 Å². The summed E-state index contributed by atoms with van der Waals surface area (Å²) in [4.78, 5) is 31.4. The number of halogens is 1. The number of allylic oxidation sites excluding steroid dienone is 2. The van der Waals surface area contributed by atoms with Crippen LogP contribution >= 0.6 is 0 Å². The maximum atomic E-state index is 15.2. The second kappa shape index (κ2) is 9.99. The molecule has 43 heavy (non-hydrogen) atoms. The number of fused-ring (bicyclic) bond motifs is 5. The molecule has 0 saturated carbocycles. The molecule has 1 heterocycles. The molecule has 4 aromatic rings. The first-order valence-electron chi connectivity index (χ1n) is 14.4.